The first kappa shape index (κ1) is 28.5. The highest BCUT2D eigenvalue weighted by molar-refractivity contribution is 7.22. The Kier molecular flexibility index (Phi) is 8.02. The zero-order valence-corrected chi connectivity index (χ0v) is 24.8. The first-order valence-electron chi connectivity index (χ1n) is 12.5. The average molecular weight is 565 g/mol. The SMILES string of the molecule is CC(C)(C)O.Cc1cc2nc(-c3ccc4c(N(C)C)nn(C)c4c3)sc2c(-c2ccc(Cl)cc2)c1CC(=O)O. The van der Waals surface area contributed by atoms with Gasteiger partial charge in [0.2, 0.25) is 0 Å². The van der Waals surface area contributed by atoms with E-state index in [1.54, 1.807) is 32.1 Å². The molecule has 9 heteroatoms. The third-order valence-electron chi connectivity index (χ3n) is 5.97. The van der Waals surface area contributed by atoms with Crippen LogP contribution in [0.5, 0.6) is 0 Å². The first-order chi connectivity index (χ1) is 18.2. The molecule has 7 nitrogen and oxygen atoms in total. The minimum Gasteiger partial charge on any atom is -0.481 e. The summed E-state index contributed by atoms with van der Waals surface area (Å²) in [6.07, 6.45) is -0.0543. The molecular formula is C30H33ClN4O3S. The third-order valence-corrected chi connectivity index (χ3v) is 7.36. The molecule has 3 aromatic carbocycles. The number of carboxylic acid groups (broad SMARTS) is 1. The van der Waals surface area contributed by atoms with Gasteiger partial charge in [0, 0.05) is 42.7 Å². The van der Waals surface area contributed by atoms with Gasteiger partial charge in [0.1, 0.15) is 5.01 Å². The molecule has 2 heterocycles. The van der Waals surface area contributed by atoms with E-state index in [0.29, 0.717) is 5.02 Å². The summed E-state index contributed by atoms with van der Waals surface area (Å²) in [4.78, 5) is 18.6. The van der Waals surface area contributed by atoms with Crippen LogP contribution in [0.2, 0.25) is 5.02 Å². The second-order valence-corrected chi connectivity index (χ2v) is 12.2. The highest BCUT2D eigenvalue weighted by atomic mass is 35.5. The molecule has 0 atom stereocenters. The smallest absolute Gasteiger partial charge is 0.307 e. The van der Waals surface area contributed by atoms with Gasteiger partial charge in [-0.1, -0.05) is 29.8 Å². The summed E-state index contributed by atoms with van der Waals surface area (Å²) in [6, 6.07) is 15.8. The number of aryl methyl sites for hydroxylation is 2. The van der Waals surface area contributed by atoms with E-state index >= 15 is 0 Å². The number of rotatable bonds is 5. The van der Waals surface area contributed by atoms with Gasteiger partial charge in [-0.15, -0.1) is 11.3 Å². The number of hydrogen-bond acceptors (Lipinski definition) is 6. The summed E-state index contributed by atoms with van der Waals surface area (Å²) >= 11 is 7.70. The lowest BCUT2D eigenvalue weighted by atomic mass is 9.93. The van der Waals surface area contributed by atoms with E-state index in [9.17, 15) is 9.90 Å². The van der Waals surface area contributed by atoms with Crippen LogP contribution in [0.1, 0.15) is 31.9 Å². The van der Waals surface area contributed by atoms with Crippen LogP contribution in [-0.4, -0.2) is 50.6 Å². The minimum atomic E-state index is -0.860. The lowest BCUT2D eigenvalue weighted by molar-refractivity contribution is -0.136. The fourth-order valence-electron chi connectivity index (χ4n) is 4.36. The lowest BCUT2D eigenvalue weighted by Gasteiger charge is -2.13. The molecule has 2 N–H and O–H groups in total. The summed E-state index contributed by atoms with van der Waals surface area (Å²) in [5, 5.41) is 25.3. The Morgan fingerprint density at radius 2 is 1.69 bits per heavy atom. The number of thiazole rings is 1. The molecule has 0 amide bonds. The maximum atomic E-state index is 11.7. The van der Waals surface area contributed by atoms with Crippen LogP contribution in [-0.2, 0) is 18.3 Å². The fourth-order valence-corrected chi connectivity index (χ4v) is 5.62. The van der Waals surface area contributed by atoms with E-state index in [1.807, 2.05) is 68.0 Å². The molecular weight excluding hydrogens is 532 g/mol. The summed E-state index contributed by atoms with van der Waals surface area (Å²) < 4.78 is 2.86. The van der Waals surface area contributed by atoms with Crippen molar-refractivity contribution in [3.05, 3.63) is 64.7 Å². The third kappa shape index (κ3) is 6.41. The summed E-state index contributed by atoms with van der Waals surface area (Å²) in [7, 11) is 5.91. The number of halogens is 1. The molecule has 0 aliphatic rings. The number of carboxylic acids is 1. The maximum Gasteiger partial charge on any atom is 0.307 e. The molecule has 0 radical (unpaired) electrons. The van der Waals surface area contributed by atoms with Gasteiger partial charge in [-0.25, -0.2) is 4.98 Å². The van der Waals surface area contributed by atoms with Crippen molar-refractivity contribution in [1.29, 1.82) is 0 Å². The van der Waals surface area contributed by atoms with Crippen LogP contribution >= 0.6 is 22.9 Å². The highest BCUT2D eigenvalue weighted by Crippen LogP contribution is 2.41. The van der Waals surface area contributed by atoms with Crippen LogP contribution < -0.4 is 4.90 Å². The summed E-state index contributed by atoms with van der Waals surface area (Å²) in [5.74, 6) is 0.0630. The first-order valence-corrected chi connectivity index (χ1v) is 13.7. The Bertz CT molecular complexity index is 1660. The zero-order chi connectivity index (χ0) is 28.6. The van der Waals surface area contributed by atoms with E-state index in [1.165, 1.54) is 0 Å². The van der Waals surface area contributed by atoms with Crippen molar-refractivity contribution in [3.8, 4) is 21.7 Å². The Morgan fingerprint density at radius 1 is 1.08 bits per heavy atom. The number of carbonyl (C=O) groups is 1. The number of aliphatic hydroxyl groups is 1. The number of aliphatic carboxylic acids is 1. The van der Waals surface area contributed by atoms with Gasteiger partial charge in [0.25, 0.3) is 0 Å². The number of benzene rings is 3. The maximum absolute atomic E-state index is 11.7. The van der Waals surface area contributed by atoms with Crippen LogP contribution in [0.4, 0.5) is 5.82 Å². The van der Waals surface area contributed by atoms with Gasteiger partial charge in [-0.3, -0.25) is 9.48 Å². The normalized spacial score (nSPS) is 11.5. The fraction of sp³-hybridized carbons (Fsp3) is 0.300. The zero-order valence-electron chi connectivity index (χ0n) is 23.2. The van der Waals surface area contributed by atoms with Crippen LogP contribution in [0, 0.1) is 6.92 Å². The van der Waals surface area contributed by atoms with Crippen molar-refractivity contribution in [1.82, 2.24) is 14.8 Å². The van der Waals surface area contributed by atoms with Crippen molar-refractivity contribution < 1.29 is 15.0 Å². The quantitative estimate of drug-likeness (QED) is 0.240. The molecule has 0 fully saturated rings. The van der Waals surface area contributed by atoms with Gasteiger partial charge in [-0.05, 0) is 74.7 Å². The van der Waals surface area contributed by atoms with E-state index in [-0.39, 0.29) is 6.42 Å². The molecule has 0 aliphatic carbocycles. The average Bonchev–Trinajstić information content (AvgIpc) is 3.40. The summed E-state index contributed by atoms with van der Waals surface area (Å²) in [6.45, 7) is 7.17. The molecule has 204 valence electrons. The molecule has 0 saturated heterocycles. The van der Waals surface area contributed by atoms with E-state index in [4.69, 9.17) is 21.7 Å². The number of anilines is 1. The molecule has 0 unspecified atom stereocenters. The van der Waals surface area contributed by atoms with Gasteiger partial charge >= 0.3 is 5.97 Å². The molecule has 5 rings (SSSR count). The molecule has 0 aliphatic heterocycles. The number of fused-ring (bicyclic) bond motifs is 2. The second kappa shape index (κ2) is 11.0. The van der Waals surface area contributed by atoms with Gasteiger partial charge in [-0.2, -0.15) is 5.10 Å². The standard InChI is InChI=1S/C26H23ClN4O2S.C4H10O/c1-14-11-20-24(23(19(14)13-22(32)33)15-5-8-17(27)9-6-15)34-26(28-20)16-7-10-18-21(12-16)31(4)29-25(18)30(2)3;1-4(2,3)5/h5-12H,13H2,1-4H3,(H,32,33);5H,1-3H3. The van der Waals surface area contributed by atoms with E-state index < -0.39 is 11.6 Å². The number of hydrogen-bond donors (Lipinski definition) is 2. The number of aromatic nitrogens is 3. The summed E-state index contributed by atoms with van der Waals surface area (Å²) in [5.41, 5.74) is 5.94. The predicted octanol–water partition coefficient (Wildman–Crippen LogP) is 6.95. The van der Waals surface area contributed by atoms with Crippen molar-refractivity contribution >= 4 is 55.8 Å². The van der Waals surface area contributed by atoms with E-state index in [0.717, 1.165) is 59.8 Å². The molecule has 0 bridgehead atoms. The largest absolute Gasteiger partial charge is 0.481 e. The van der Waals surface area contributed by atoms with Gasteiger partial charge in [0.05, 0.1) is 27.8 Å². The second-order valence-electron chi connectivity index (χ2n) is 10.7. The van der Waals surface area contributed by atoms with E-state index in [2.05, 4.69) is 23.3 Å². The van der Waals surface area contributed by atoms with Crippen molar-refractivity contribution in [2.24, 2.45) is 7.05 Å². The highest BCUT2D eigenvalue weighted by Gasteiger charge is 2.20. The molecule has 0 saturated carbocycles. The number of nitrogens with zero attached hydrogens (tertiary/aromatic N) is 4. The monoisotopic (exact) mass is 564 g/mol. The lowest BCUT2D eigenvalue weighted by Crippen LogP contribution is -2.10. The molecule has 0 spiro atoms. The predicted molar refractivity (Wildman–Crippen MR) is 162 cm³/mol. The molecule has 39 heavy (non-hydrogen) atoms. The van der Waals surface area contributed by atoms with Gasteiger partial charge in [0.15, 0.2) is 5.82 Å². The van der Waals surface area contributed by atoms with Crippen molar-refractivity contribution in [2.75, 3.05) is 19.0 Å². The Labute approximate surface area is 237 Å². The van der Waals surface area contributed by atoms with Crippen LogP contribution in [0.25, 0.3) is 42.8 Å². The minimum absolute atomic E-state index is 0.0543. The van der Waals surface area contributed by atoms with Crippen molar-refractivity contribution in [3.63, 3.8) is 0 Å². The Morgan fingerprint density at radius 3 is 2.28 bits per heavy atom. The molecule has 5 aromatic rings. The Balaban J connectivity index is 0.000000648. The Hall–Kier alpha value is -3.46. The van der Waals surface area contributed by atoms with Crippen LogP contribution in [0.15, 0.2) is 48.5 Å². The van der Waals surface area contributed by atoms with Gasteiger partial charge < -0.3 is 15.1 Å². The topological polar surface area (TPSA) is 91.5 Å². The van der Waals surface area contributed by atoms with Crippen molar-refractivity contribution in [2.45, 2.75) is 39.7 Å². The molecule has 2 aromatic heterocycles. The van der Waals surface area contributed by atoms with Crippen LogP contribution in [0.3, 0.4) is 0 Å².